The molecule has 0 radical (unpaired) electrons. The standard InChI is InChI=1S/C21H24F3N3O4/c1-20(15-7-9-16(10-8-15)31-21(22,23)24)18(29)27(19(30)26-20)13-17(28)25-12-11-14-5-3-2-4-6-14/h5,7-10H,2-4,6,11-13H2,1H3,(H,25,28)(H,26,30). The molecule has 2 N–H and O–H groups in total. The van der Waals surface area contributed by atoms with E-state index in [-0.39, 0.29) is 5.56 Å². The minimum absolute atomic E-state index is 0.271. The predicted octanol–water partition coefficient (Wildman–Crippen LogP) is 3.36. The van der Waals surface area contributed by atoms with Crippen LogP contribution in [0.3, 0.4) is 0 Å². The van der Waals surface area contributed by atoms with Crippen LogP contribution in [0.2, 0.25) is 0 Å². The highest BCUT2D eigenvalue weighted by Crippen LogP contribution is 2.31. The molecule has 1 aliphatic heterocycles. The van der Waals surface area contributed by atoms with Crippen molar-refractivity contribution in [2.45, 2.75) is 50.9 Å². The lowest BCUT2D eigenvalue weighted by Crippen LogP contribution is -2.43. The number of urea groups is 1. The highest BCUT2D eigenvalue weighted by atomic mass is 19.4. The van der Waals surface area contributed by atoms with Gasteiger partial charge in [-0.15, -0.1) is 13.2 Å². The van der Waals surface area contributed by atoms with E-state index < -0.39 is 42.0 Å². The SMILES string of the molecule is CC1(c2ccc(OC(F)(F)F)cc2)NC(=O)N(CC(=O)NCCC2=CCCCC2)C1=O. The smallest absolute Gasteiger partial charge is 0.406 e. The van der Waals surface area contributed by atoms with Gasteiger partial charge < -0.3 is 15.4 Å². The van der Waals surface area contributed by atoms with Gasteiger partial charge in [-0.05, 0) is 56.7 Å². The number of alkyl halides is 3. The summed E-state index contributed by atoms with van der Waals surface area (Å²) in [5.74, 6) is -1.56. The number of hydrogen-bond acceptors (Lipinski definition) is 4. The van der Waals surface area contributed by atoms with Crippen molar-refractivity contribution in [2.75, 3.05) is 13.1 Å². The summed E-state index contributed by atoms with van der Waals surface area (Å²) >= 11 is 0. The first kappa shape index (κ1) is 22.6. The van der Waals surface area contributed by atoms with Crippen molar-refractivity contribution in [3.8, 4) is 5.75 Å². The first-order chi connectivity index (χ1) is 14.6. The predicted molar refractivity (Wildman–Crippen MR) is 105 cm³/mol. The molecule has 7 nitrogen and oxygen atoms in total. The number of hydrogen-bond donors (Lipinski definition) is 2. The van der Waals surface area contributed by atoms with E-state index >= 15 is 0 Å². The minimum Gasteiger partial charge on any atom is -0.406 e. The van der Waals surface area contributed by atoms with Gasteiger partial charge in [0.1, 0.15) is 17.8 Å². The second-order valence-electron chi connectivity index (χ2n) is 7.73. The molecule has 1 heterocycles. The molecule has 10 heteroatoms. The van der Waals surface area contributed by atoms with Gasteiger partial charge in [0, 0.05) is 6.54 Å². The number of nitrogens with zero attached hydrogens (tertiary/aromatic N) is 1. The number of amides is 4. The number of allylic oxidation sites excluding steroid dienone is 1. The van der Waals surface area contributed by atoms with E-state index in [1.54, 1.807) is 0 Å². The van der Waals surface area contributed by atoms with Crippen molar-refractivity contribution in [3.63, 3.8) is 0 Å². The summed E-state index contributed by atoms with van der Waals surface area (Å²) in [6.07, 6.45) is 2.48. The molecular weight excluding hydrogens is 415 g/mol. The monoisotopic (exact) mass is 439 g/mol. The molecule has 0 spiro atoms. The molecule has 0 saturated carbocycles. The van der Waals surface area contributed by atoms with Crippen molar-refractivity contribution < 1.29 is 32.3 Å². The van der Waals surface area contributed by atoms with Crippen molar-refractivity contribution >= 4 is 17.8 Å². The molecule has 0 aromatic heterocycles. The summed E-state index contributed by atoms with van der Waals surface area (Å²) in [6.45, 7) is 1.42. The molecule has 1 aliphatic carbocycles. The maximum Gasteiger partial charge on any atom is 0.573 e. The van der Waals surface area contributed by atoms with Crippen LogP contribution in [0, 0.1) is 0 Å². The maximum atomic E-state index is 12.9. The Kier molecular flexibility index (Phi) is 6.56. The molecule has 1 atom stereocenters. The number of carbonyl (C=O) groups is 3. The number of ether oxygens (including phenoxy) is 1. The van der Waals surface area contributed by atoms with E-state index in [9.17, 15) is 27.6 Å². The quantitative estimate of drug-likeness (QED) is 0.504. The van der Waals surface area contributed by atoms with Gasteiger partial charge in [-0.25, -0.2) is 4.79 Å². The van der Waals surface area contributed by atoms with Crippen LogP contribution in [0.1, 0.15) is 44.6 Å². The van der Waals surface area contributed by atoms with Gasteiger partial charge in [-0.1, -0.05) is 23.8 Å². The number of halogens is 3. The molecule has 3 rings (SSSR count). The van der Waals surface area contributed by atoms with Crippen LogP contribution >= 0.6 is 0 Å². The lowest BCUT2D eigenvalue weighted by Gasteiger charge is -2.22. The summed E-state index contributed by atoms with van der Waals surface area (Å²) in [7, 11) is 0. The Bertz CT molecular complexity index is 883. The van der Waals surface area contributed by atoms with Crippen molar-refractivity contribution in [1.82, 2.24) is 15.5 Å². The second-order valence-corrected chi connectivity index (χ2v) is 7.73. The first-order valence-electron chi connectivity index (χ1n) is 10.0. The molecule has 1 unspecified atom stereocenters. The lowest BCUT2D eigenvalue weighted by atomic mass is 9.92. The fraction of sp³-hybridized carbons (Fsp3) is 0.476. The van der Waals surface area contributed by atoms with E-state index in [1.165, 1.54) is 31.1 Å². The summed E-state index contributed by atoms with van der Waals surface area (Å²) in [4.78, 5) is 38.2. The number of imide groups is 1. The van der Waals surface area contributed by atoms with Gasteiger partial charge in [-0.3, -0.25) is 14.5 Å². The third-order valence-electron chi connectivity index (χ3n) is 5.40. The topological polar surface area (TPSA) is 87.7 Å². The molecule has 1 aromatic rings. The molecular formula is C21H24F3N3O4. The highest BCUT2D eigenvalue weighted by molar-refractivity contribution is 6.09. The first-order valence-corrected chi connectivity index (χ1v) is 10.0. The lowest BCUT2D eigenvalue weighted by molar-refractivity contribution is -0.274. The molecule has 2 aliphatic rings. The number of nitrogens with one attached hydrogen (secondary N) is 2. The Balaban J connectivity index is 1.59. The van der Waals surface area contributed by atoms with Gasteiger partial charge in [0.25, 0.3) is 5.91 Å². The Morgan fingerprint density at radius 2 is 1.94 bits per heavy atom. The molecule has 4 amide bonds. The van der Waals surface area contributed by atoms with Crippen LogP contribution in [0.5, 0.6) is 5.75 Å². The third kappa shape index (κ3) is 5.56. The van der Waals surface area contributed by atoms with Crippen molar-refractivity contribution in [1.29, 1.82) is 0 Å². The van der Waals surface area contributed by atoms with Crippen LogP contribution in [-0.2, 0) is 15.1 Å². The zero-order valence-electron chi connectivity index (χ0n) is 17.1. The largest absolute Gasteiger partial charge is 0.573 e. The van der Waals surface area contributed by atoms with Crippen LogP contribution < -0.4 is 15.4 Å². The number of carbonyl (C=O) groups excluding carboxylic acids is 3. The van der Waals surface area contributed by atoms with Gasteiger partial charge in [0.2, 0.25) is 5.91 Å². The minimum atomic E-state index is -4.83. The molecule has 1 fully saturated rings. The van der Waals surface area contributed by atoms with Gasteiger partial charge >= 0.3 is 12.4 Å². The van der Waals surface area contributed by atoms with E-state index in [0.29, 0.717) is 6.54 Å². The summed E-state index contributed by atoms with van der Waals surface area (Å²) < 4.78 is 40.8. The van der Waals surface area contributed by atoms with Gasteiger partial charge in [-0.2, -0.15) is 0 Å². The van der Waals surface area contributed by atoms with E-state index in [2.05, 4.69) is 21.4 Å². The van der Waals surface area contributed by atoms with Gasteiger partial charge in [0.05, 0.1) is 0 Å². The maximum absolute atomic E-state index is 12.9. The van der Waals surface area contributed by atoms with Crippen LogP contribution in [0.15, 0.2) is 35.9 Å². The van der Waals surface area contributed by atoms with Crippen molar-refractivity contribution in [3.05, 3.63) is 41.5 Å². The average molecular weight is 439 g/mol. The molecule has 1 saturated heterocycles. The van der Waals surface area contributed by atoms with Crippen molar-refractivity contribution in [2.24, 2.45) is 0 Å². The average Bonchev–Trinajstić information content (AvgIpc) is 2.92. The molecule has 31 heavy (non-hydrogen) atoms. The Labute approximate surface area is 177 Å². The summed E-state index contributed by atoms with van der Waals surface area (Å²) in [6, 6.07) is 3.90. The van der Waals surface area contributed by atoms with E-state index in [4.69, 9.17) is 0 Å². The van der Waals surface area contributed by atoms with Gasteiger partial charge in [0.15, 0.2) is 0 Å². The molecule has 0 bridgehead atoms. The third-order valence-corrected chi connectivity index (χ3v) is 5.40. The van der Waals surface area contributed by atoms with E-state index in [0.717, 1.165) is 42.7 Å². The second kappa shape index (κ2) is 8.99. The van der Waals surface area contributed by atoms with Crippen LogP contribution in [0.25, 0.3) is 0 Å². The Morgan fingerprint density at radius 3 is 2.55 bits per heavy atom. The fourth-order valence-corrected chi connectivity index (χ4v) is 3.72. The normalized spacial score (nSPS) is 21.5. The Morgan fingerprint density at radius 1 is 1.23 bits per heavy atom. The zero-order chi connectivity index (χ0) is 22.6. The fourth-order valence-electron chi connectivity index (χ4n) is 3.72. The van der Waals surface area contributed by atoms with Crippen LogP contribution in [-0.4, -0.2) is 42.2 Å². The molecule has 168 valence electrons. The highest BCUT2D eigenvalue weighted by Gasteiger charge is 2.49. The number of benzene rings is 1. The molecule has 1 aromatic carbocycles. The van der Waals surface area contributed by atoms with Crippen LogP contribution in [0.4, 0.5) is 18.0 Å². The zero-order valence-corrected chi connectivity index (χ0v) is 17.1. The Hall–Kier alpha value is -3.04. The summed E-state index contributed by atoms with van der Waals surface area (Å²) in [5, 5.41) is 5.23. The number of rotatable bonds is 7. The van der Waals surface area contributed by atoms with E-state index in [1.807, 2.05) is 0 Å². The summed E-state index contributed by atoms with van der Waals surface area (Å²) in [5.41, 5.74) is 0.0701.